The van der Waals surface area contributed by atoms with Gasteiger partial charge in [0.05, 0.1) is 5.02 Å². The Morgan fingerprint density at radius 3 is 2.73 bits per heavy atom. The summed E-state index contributed by atoms with van der Waals surface area (Å²) in [4.78, 5) is 35.9. The molecule has 3 aromatic rings. The van der Waals surface area contributed by atoms with Crippen molar-refractivity contribution in [2.75, 3.05) is 25.9 Å². The maximum Gasteiger partial charge on any atom is 0.431 e. The highest BCUT2D eigenvalue weighted by molar-refractivity contribution is 6.34. The number of fused-ring (bicyclic) bond motifs is 1. The lowest BCUT2D eigenvalue weighted by Gasteiger charge is -2.32. The van der Waals surface area contributed by atoms with Crippen LogP contribution >= 0.6 is 11.6 Å². The van der Waals surface area contributed by atoms with Crippen molar-refractivity contribution in [1.29, 1.82) is 5.41 Å². The largest absolute Gasteiger partial charge is 0.431 e. The van der Waals surface area contributed by atoms with E-state index in [1.807, 2.05) is 21.5 Å². The van der Waals surface area contributed by atoms with E-state index in [2.05, 4.69) is 10.3 Å². The maximum absolute atomic E-state index is 12.9. The molecule has 10 nitrogen and oxygen atoms in total. The standard InChI is InChI=1S/C26H28ClF3N8O2/c1-3-20(39)37-9-4-5-15(13-37)24-36-21(22-23(32)34-8-10-38(22)24)16-7-6-14(11-17(16)27)25(40)35-19(31)12-18(33-2)26(28,29)30/h6-8,10-12,15,33H,3-5,9,13H2,1-2H3,(H2,32,34)(H2,31,35,40)/b18-12-. The number of allylic oxidation sites excluding steroid dienone is 1. The summed E-state index contributed by atoms with van der Waals surface area (Å²) in [7, 11) is 1.06. The van der Waals surface area contributed by atoms with Crippen LogP contribution in [0.1, 0.15) is 48.3 Å². The Morgan fingerprint density at radius 2 is 2.08 bits per heavy atom. The lowest BCUT2D eigenvalue weighted by Crippen LogP contribution is -2.39. The van der Waals surface area contributed by atoms with Crippen LogP contribution in [0.25, 0.3) is 16.8 Å². The number of alkyl halides is 3. The van der Waals surface area contributed by atoms with Crippen LogP contribution in [0.3, 0.4) is 0 Å². The molecule has 1 fully saturated rings. The van der Waals surface area contributed by atoms with E-state index < -0.39 is 23.6 Å². The molecule has 4 rings (SSSR count). The highest BCUT2D eigenvalue weighted by atomic mass is 35.5. The first-order valence-electron chi connectivity index (χ1n) is 12.5. The van der Waals surface area contributed by atoms with Crippen molar-refractivity contribution < 1.29 is 22.8 Å². The molecule has 1 atom stereocenters. The van der Waals surface area contributed by atoms with Gasteiger partial charge in [-0.2, -0.15) is 13.2 Å². The van der Waals surface area contributed by atoms with Gasteiger partial charge in [-0.1, -0.05) is 24.6 Å². The molecule has 40 heavy (non-hydrogen) atoms. The number of halogens is 4. The monoisotopic (exact) mass is 576 g/mol. The molecule has 1 aliphatic rings. The highest BCUT2D eigenvalue weighted by Crippen LogP contribution is 2.37. The Hall–Kier alpha value is -4.13. The van der Waals surface area contributed by atoms with Gasteiger partial charge in [-0.15, -0.1) is 0 Å². The second-order valence-electron chi connectivity index (χ2n) is 9.25. The van der Waals surface area contributed by atoms with Gasteiger partial charge in [0.2, 0.25) is 5.91 Å². The summed E-state index contributed by atoms with van der Waals surface area (Å²) in [5, 5.41) is 11.9. The van der Waals surface area contributed by atoms with E-state index in [0.29, 0.717) is 48.2 Å². The number of carbonyl (C=O) groups excluding carboxylic acids is 2. The number of imidazole rings is 1. The van der Waals surface area contributed by atoms with E-state index in [1.165, 1.54) is 12.1 Å². The van der Waals surface area contributed by atoms with Gasteiger partial charge in [-0.3, -0.25) is 19.4 Å². The van der Waals surface area contributed by atoms with Gasteiger partial charge < -0.3 is 21.3 Å². The average molecular weight is 577 g/mol. The number of nitrogens with two attached hydrogens (primary N) is 1. The van der Waals surface area contributed by atoms with E-state index >= 15 is 0 Å². The van der Waals surface area contributed by atoms with Crippen molar-refractivity contribution in [2.24, 2.45) is 0 Å². The Labute approximate surface area is 232 Å². The fourth-order valence-corrected chi connectivity index (χ4v) is 4.99. The molecule has 1 unspecified atom stereocenters. The molecular formula is C26H28ClF3N8O2. The first kappa shape index (κ1) is 28.9. The molecule has 2 aromatic heterocycles. The van der Waals surface area contributed by atoms with E-state index in [-0.39, 0.29) is 28.2 Å². The molecular weight excluding hydrogens is 549 g/mol. The number of rotatable bonds is 6. The minimum Gasteiger partial charge on any atom is -0.384 e. The molecule has 2 amide bonds. The number of amides is 2. The zero-order valence-electron chi connectivity index (χ0n) is 21.8. The molecule has 0 radical (unpaired) electrons. The number of nitrogen functional groups attached to an aromatic ring is 1. The first-order chi connectivity index (χ1) is 18.9. The highest BCUT2D eigenvalue weighted by Gasteiger charge is 2.33. The van der Waals surface area contributed by atoms with Crippen molar-refractivity contribution in [3.63, 3.8) is 0 Å². The predicted molar refractivity (Wildman–Crippen MR) is 145 cm³/mol. The summed E-state index contributed by atoms with van der Waals surface area (Å²) in [5.74, 6) is -0.611. The summed E-state index contributed by atoms with van der Waals surface area (Å²) in [6, 6.07) is 4.32. The molecule has 0 bridgehead atoms. The minimum absolute atomic E-state index is 0.0285. The quantitative estimate of drug-likeness (QED) is 0.257. The molecule has 0 aliphatic carbocycles. The van der Waals surface area contributed by atoms with E-state index in [9.17, 15) is 22.8 Å². The Bertz CT molecular complexity index is 1500. The topological polar surface area (TPSA) is 142 Å². The number of nitrogens with zero attached hydrogens (tertiary/aromatic N) is 4. The Balaban J connectivity index is 1.65. The number of hydrogen-bond acceptors (Lipinski definition) is 7. The Morgan fingerprint density at radius 1 is 1.32 bits per heavy atom. The van der Waals surface area contributed by atoms with Gasteiger partial charge in [-0.05, 0) is 25.0 Å². The van der Waals surface area contributed by atoms with Crippen LogP contribution in [0, 0.1) is 5.41 Å². The van der Waals surface area contributed by atoms with Gasteiger partial charge >= 0.3 is 6.18 Å². The lowest BCUT2D eigenvalue weighted by molar-refractivity contribution is -0.132. The van der Waals surface area contributed by atoms with E-state index in [1.54, 1.807) is 18.5 Å². The van der Waals surface area contributed by atoms with Crippen molar-refractivity contribution in [1.82, 2.24) is 29.9 Å². The van der Waals surface area contributed by atoms with Crippen molar-refractivity contribution in [3.05, 3.63) is 58.8 Å². The number of amidine groups is 1. The van der Waals surface area contributed by atoms with E-state index in [4.69, 9.17) is 27.7 Å². The van der Waals surface area contributed by atoms with Crippen LogP contribution in [0.5, 0.6) is 0 Å². The summed E-state index contributed by atoms with van der Waals surface area (Å²) in [5.41, 5.74) is 6.51. The summed E-state index contributed by atoms with van der Waals surface area (Å²) in [6.45, 7) is 3.04. The summed E-state index contributed by atoms with van der Waals surface area (Å²) >= 11 is 6.57. The predicted octanol–water partition coefficient (Wildman–Crippen LogP) is 4.12. The number of likely N-dealkylation sites (tertiary alicyclic amines) is 1. The lowest BCUT2D eigenvalue weighted by atomic mass is 9.97. The second-order valence-corrected chi connectivity index (χ2v) is 9.66. The first-order valence-corrected chi connectivity index (χ1v) is 12.9. The van der Waals surface area contributed by atoms with Crippen LogP contribution in [-0.2, 0) is 4.79 Å². The molecule has 1 saturated heterocycles. The number of nitrogens with one attached hydrogen (secondary N) is 3. The number of benzene rings is 1. The number of carbonyl (C=O) groups is 2. The minimum atomic E-state index is -4.71. The second kappa shape index (κ2) is 11.5. The maximum atomic E-state index is 12.9. The van der Waals surface area contributed by atoms with Crippen LogP contribution < -0.4 is 16.4 Å². The number of aromatic nitrogens is 3. The van der Waals surface area contributed by atoms with Crippen molar-refractivity contribution >= 4 is 40.6 Å². The molecule has 5 N–H and O–H groups in total. The molecule has 14 heteroatoms. The molecule has 0 spiro atoms. The van der Waals surface area contributed by atoms with Crippen molar-refractivity contribution in [3.8, 4) is 11.3 Å². The third-order valence-corrected chi connectivity index (χ3v) is 6.96. The fourth-order valence-electron chi connectivity index (χ4n) is 4.72. The SMILES string of the molecule is CCC(=O)N1CCCC(c2nc(-c3ccc(C(=O)NC(=N)/C=C(\NC)C(F)(F)F)cc3Cl)c3c(N)nccn23)C1. The number of hydrogen-bond donors (Lipinski definition) is 4. The molecule has 1 aromatic carbocycles. The fraction of sp³-hybridized carbons (Fsp3) is 0.346. The van der Waals surface area contributed by atoms with Gasteiger partial charge in [0.1, 0.15) is 34.4 Å². The van der Waals surface area contributed by atoms with Crippen LogP contribution in [0.15, 0.2) is 42.4 Å². The van der Waals surface area contributed by atoms with Gasteiger partial charge in [-0.25, -0.2) is 9.97 Å². The third kappa shape index (κ3) is 5.88. The number of anilines is 1. The molecule has 1 aliphatic heterocycles. The summed E-state index contributed by atoms with van der Waals surface area (Å²) in [6.07, 6.45) is 1.14. The van der Waals surface area contributed by atoms with Gasteiger partial charge in [0.25, 0.3) is 5.91 Å². The van der Waals surface area contributed by atoms with Crippen LogP contribution in [0.4, 0.5) is 19.0 Å². The third-order valence-electron chi connectivity index (χ3n) is 6.65. The van der Waals surface area contributed by atoms with Gasteiger partial charge in [0, 0.05) is 62.1 Å². The zero-order valence-corrected chi connectivity index (χ0v) is 22.5. The number of piperidine rings is 1. The van der Waals surface area contributed by atoms with Crippen LogP contribution in [-0.4, -0.2) is 63.2 Å². The smallest absolute Gasteiger partial charge is 0.384 e. The van der Waals surface area contributed by atoms with Gasteiger partial charge in [0.15, 0.2) is 0 Å². The zero-order chi connectivity index (χ0) is 29.2. The summed E-state index contributed by atoms with van der Waals surface area (Å²) < 4.78 is 40.6. The average Bonchev–Trinajstić information content (AvgIpc) is 3.31. The molecule has 0 saturated carbocycles. The van der Waals surface area contributed by atoms with Crippen LogP contribution in [0.2, 0.25) is 5.02 Å². The molecule has 3 heterocycles. The van der Waals surface area contributed by atoms with E-state index in [0.717, 1.165) is 19.9 Å². The normalized spacial score (nSPS) is 16.2. The Kier molecular flexibility index (Phi) is 8.33. The molecule has 212 valence electrons. The van der Waals surface area contributed by atoms with Crippen molar-refractivity contribution in [2.45, 2.75) is 38.3 Å².